The minimum absolute atomic E-state index is 0.153. The van der Waals surface area contributed by atoms with Gasteiger partial charge in [0.2, 0.25) is 12.1 Å². The highest BCUT2D eigenvalue weighted by Crippen LogP contribution is 2.41. The Morgan fingerprint density at radius 3 is 2.53 bits per heavy atom. The predicted octanol–water partition coefficient (Wildman–Crippen LogP) is 1.64. The molecule has 15 heteroatoms. The lowest BCUT2D eigenvalue weighted by molar-refractivity contribution is -0.252. The molecule has 0 spiro atoms. The number of carbonyl (C=O) groups excluding carboxylic acids is 2. The van der Waals surface area contributed by atoms with E-state index < -0.39 is 54.5 Å². The number of rotatable bonds is 7. The van der Waals surface area contributed by atoms with Crippen LogP contribution in [-0.4, -0.2) is 61.7 Å². The number of aromatic nitrogens is 4. The third kappa shape index (κ3) is 4.83. The average Bonchev–Trinajstić information content (AvgIpc) is 3.16. The van der Waals surface area contributed by atoms with Crippen molar-refractivity contribution in [2.75, 3.05) is 5.73 Å². The van der Waals surface area contributed by atoms with Crippen LogP contribution in [-0.2, 0) is 30.3 Å². The van der Waals surface area contributed by atoms with Crippen molar-refractivity contribution in [3.05, 3.63) is 16.7 Å². The van der Waals surface area contributed by atoms with E-state index in [1.807, 2.05) is 6.92 Å². The number of aryl methyl sites for hydroxylation is 1. The molecule has 1 fully saturated rings. The Labute approximate surface area is 189 Å². The molecule has 3 rings (SSSR count). The maximum atomic E-state index is 15.3. The van der Waals surface area contributed by atoms with E-state index in [9.17, 15) is 27.6 Å². The molecule has 11 nitrogen and oxygen atoms in total. The predicted molar refractivity (Wildman–Crippen MR) is 107 cm³/mol. The van der Waals surface area contributed by atoms with Crippen molar-refractivity contribution in [1.29, 1.82) is 0 Å². The molecule has 0 radical (unpaired) electrons. The Kier molecular flexibility index (Phi) is 7.14. The summed E-state index contributed by atoms with van der Waals surface area (Å²) < 4.78 is 72.7. The third-order valence-electron chi connectivity index (χ3n) is 5.14. The number of halogens is 4. The fourth-order valence-corrected chi connectivity index (χ4v) is 3.75. The maximum absolute atomic E-state index is 15.3. The number of nitrogens with two attached hydrogens (primary N) is 1. The van der Waals surface area contributed by atoms with E-state index in [0.29, 0.717) is 19.8 Å². The minimum Gasteiger partial charge on any atom is -0.454 e. The van der Waals surface area contributed by atoms with Crippen LogP contribution in [0.1, 0.15) is 39.8 Å². The normalized spacial score (nSPS) is 23.7. The van der Waals surface area contributed by atoms with Gasteiger partial charge in [0.05, 0.1) is 6.20 Å². The van der Waals surface area contributed by atoms with Crippen molar-refractivity contribution in [1.82, 2.24) is 19.1 Å². The van der Waals surface area contributed by atoms with Crippen molar-refractivity contribution in [3.8, 4) is 0 Å². The first-order valence-corrected chi connectivity index (χ1v) is 10.3. The van der Waals surface area contributed by atoms with Gasteiger partial charge >= 0.3 is 23.8 Å². The number of alkyl halides is 4. The van der Waals surface area contributed by atoms with Crippen LogP contribution < -0.4 is 11.4 Å². The fourth-order valence-electron chi connectivity index (χ4n) is 3.75. The number of unbranched alkanes of at least 4 members (excludes halogenated alkanes) is 1. The van der Waals surface area contributed by atoms with Gasteiger partial charge in [-0.2, -0.15) is 18.2 Å². The summed E-state index contributed by atoms with van der Waals surface area (Å²) in [7, 11) is 0. The van der Waals surface area contributed by atoms with Crippen LogP contribution in [0.5, 0.6) is 0 Å². The molecule has 34 heavy (non-hydrogen) atoms. The van der Waals surface area contributed by atoms with E-state index in [2.05, 4.69) is 14.7 Å². The van der Waals surface area contributed by atoms with Gasteiger partial charge < -0.3 is 19.9 Å². The number of carbonyl (C=O) groups is 2. The van der Waals surface area contributed by atoms with Gasteiger partial charge in [-0.1, -0.05) is 13.3 Å². The zero-order valence-electron chi connectivity index (χ0n) is 18.4. The van der Waals surface area contributed by atoms with E-state index in [4.69, 9.17) is 15.2 Å². The van der Waals surface area contributed by atoms with Gasteiger partial charge in [-0.3, -0.25) is 14.2 Å². The summed E-state index contributed by atoms with van der Waals surface area (Å²) in [6.45, 7) is 3.70. The van der Waals surface area contributed by atoms with Gasteiger partial charge in [-0.15, -0.1) is 0 Å². The second kappa shape index (κ2) is 9.56. The topological polar surface area (TPSA) is 141 Å². The lowest BCUT2D eigenvalue weighted by Crippen LogP contribution is -2.47. The molecule has 2 N–H and O–H groups in total. The van der Waals surface area contributed by atoms with Crippen LogP contribution in [0.25, 0.3) is 11.2 Å². The van der Waals surface area contributed by atoms with Crippen molar-refractivity contribution >= 4 is 29.1 Å². The molecule has 188 valence electrons. The Morgan fingerprint density at radius 1 is 1.29 bits per heavy atom. The molecule has 2 aromatic rings. The van der Waals surface area contributed by atoms with Crippen molar-refractivity contribution in [2.24, 2.45) is 0 Å². The molecule has 0 bridgehead atoms. The molecular weight excluding hydrogens is 470 g/mol. The summed E-state index contributed by atoms with van der Waals surface area (Å²) >= 11 is 0. The van der Waals surface area contributed by atoms with Crippen molar-refractivity contribution in [3.63, 3.8) is 0 Å². The fraction of sp³-hybridized carbons (Fsp3) is 0.632. The van der Waals surface area contributed by atoms with Crippen LogP contribution in [0, 0.1) is 0 Å². The largest absolute Gasteiger partial charge is 0.454 e. The highest BCUT2D eigenvalue weighted by molar-refractivity contribution is 5.72. The zero-order valence-corrected chi connectivity index (χ0v) is 18.4. The number of anilines is 1. The molecule has 1 aliphatic rings. The summed E-state index contributed by atoms with van der Waals surface area (Å²) in [5.41, 5.74) is 4.83. The molecule has 1 saturated heterocycles. The molecular formula is C19H23F4N5O6. The van der Waals surface area contributed by atoms with Crippen LogP contribution in [0.15, 0.2) is 11.0 Å². The molecule has 3 heterocycles. The average molecular weight is 493 g/mol. The Bertz CT molecular complexity index is 1130. The number of nitrogen functional groups attached to an aromatic ring is 1. The number of ether oxygens (including phenoxy) is 3. The van der Waals surface area contributed by atoms with Gasteiger partial charge in [-0.25, -0.2) is 18.7 Å². The molecule has 0 amide bonds. The molecule has 0 saturated carbocycles. The van der Waals surface area contributed by atoms with Crippen LogP contribution in [0.2, 0.25) is 0 Å². The van der Waals surface area contributed by atoms with E-state index in [0.717, 1.165) is 11.5 Å². The highest BCUT2D eigenvalue weighted by atomic mass is 19.4. The number of fused-ring (bicyclic) bond motifs is 1. The number of hydrogen-bond donors (Lipinski definition) is 1. The van der Waals surface area contributed by atoms with E-state index >= 15 is 4.39 Å². The van der Waals surface area contributed by atoms with Gasteiger partial charge in [0.15, 0.2) is 24.2 Å². The number of nitrogens with zero attached hydrogens (tertiary/aromatic N) is 4. The quantitative estimate of drug-likeness (QED) is 0.450. The van der Waals surface area contributed by atoms with E-state index in [1.54, 1.807) is 0 Å². The van der Waals surface area contributed by atoms with E-state index in [-0.39, 0.29) is 23.7 Å². The van der Waals surface area contributed by atoms with Crippen LogP contribution in [0.4, 0.5) is 23.5 Å². The Balaban J connectivity index is 2.17. The highest BCUT2D eigenvalue weighted by Gasteiger charge is 2.60. The smallest absolute Gasteiger partial charge is 0.428 e. The third-order valence-corrected chi connectivity index (χ3v) is 5.14. The van der Waals surface area contributed by atoms with Gasteiger partial charge in [0.1, 0.15) is 11.6 Å². The summed E-state index contributed by atoms with van der Waals surface area (Å²) in [5.74, 6) is -2.63. The maximum Gasteiger partial charge on any atom is 0.428 e. The standard InChI is InChI=1S/C19H23F4N5O6/c1-4-5-6-27-10-7-25-17(24)26-15(10)28(18(27)31)16-13(32-8(2)29)11(20)12(34-16)14(19(21,22)23)33-9(3)30/h7,11-14,16H,4-6H2,1-3H3,(H2,24,25,26)/t11-,12-,13+,14?,16+/m0/s1. The van der Waals surface area contributed by atoms with Crippen LogP contribution in [0.3, 0.4) is 0 Å². The lowest BCUT2D eigenvalue weighted by atomic mass is 10.1. The first-order valence-electron chi connectivity index (χ1n) is 10.3. The summed E-state index contributed by atoms with van der Waals surface area (Å²) in [4.78, 5) is 44.0. The van der Waals surface area contributed by atoms with Gasteiger partial charge in [0.25, 0.3) is 0 Å². The van der Waals surface area contributed by atoms with Crippen molar-refractivity contribution in [2.45, 2.75) is 77.0 Å². The van der Waals surface area contributed by atoms with Gasteiger partial charge in [0, 0.05) is 20.4 Å². The van der Waals surface area contributed by atoms with Crippen molar-refractivity contribution < 1.29 is 41.4 Å². The molecule has 0 aromatic carbocycles. The van der Waals surface area contributed by atoms with E-state index in [1.165, 1.54) is 10.8 Å². The lowest BCUT2D eigenvalue weighted by Gasteiger charge is -2.26. The number of imidazole rings is 1. The monoisotopic (exact) mass is 493 g/mol. The molecule has 0 aliphatic carbocycles. The number of hydrogen-bond acceptors (Lipinski definition) is 9. The summed E-state index contributed by atoms with van der Waals surface area (Å²) in [6, 6.07) is 0. The van der Waals surface area contributed by atoms with Crippen LogP contribution >= 0.6 is 0 Å². The molecule has 1 unspecified atom stereocenters. The Hall–Kier alpha value is -3.23. The second-order valence-electron chi connectivity index (χ2n) is 7.68. The number of esters is 2. The zero-order chi connectivity index (χ0) is 25.4. The summed E-state index contributed by atoms with van der Waals surface area (Å²) in [5, 5.41) is 0. The first kappa shape index (κ1) is 25.4. The SMILES string of the molecule is CCCCn1c(=O)n([C@@H]2O[C@H](C(OC(C)=O)C(F)(F)F)[C@H](F)[C@H]2OC(C)=O)c2nc(N)ncc21. The minimum atomic E-state index is -5.22. The second-order valence-corrected chi connectivity index (χ2v) is 7.68. The summed E-state index contributed by atoms with van der Waals surface area (Å²) in [6.07, 6.45) is -14.6. The molecule has 5 atom stereocenters. The van der Waals surface area contributed by atoms with Gasteiger partial charge in [-0.05, 0) is 6.42 Å². The molecule has 1 aliphatic heterocycles. The first-order chi connectivity index (χ1) is 15.9. The Morgan fingerprint density at radius 2 is 1.97 bits per heavy atom. The molecule has 2 aromatic heterocycles.